The van der Waals surface area contributed by atoms with Crippen LogP contribution in [0.15, 0.2) is 18.2 Å². The summed E-state index contributed by atoms with van der Waals surface area (Å²) in [7, 11) is 0. The Hall–Kier alpha value is -1.26. The van der Waals surface area contributed by atoms with E-state index in [2.05, 4.69) is 13.8 Å². The van der Waals surface area contributed by atoms with Gasteiger partial charge in [0.15, 0.2) is 11.5 Å². The van der Waals surface area contributed by atoms with Crippen LogP contribution in [0.25, 0.3) is 0 Å². The van der Waals surface area contributed by atoms with E-state index in [-0.39, 0.29) is 12.6 Å². The topological polar surface area (TPSA) is 64.7 Å². The average Bonchev–Trinajstić information content (AvgIpc) is 2.73. The van der Waals surface area contributed by atoms with Crippen molar-refractivity contribution in [3.05, 3.63) is 23.8 Å². The molecule has 0 amide bonds. The largest absolute Gasteiger partial charge is 0.490 e. The highest BCUT2D eigenvalue weighted by atomic mass is 16.5. The lowest BCUT2D eigenvalue weighted by atomic mass is 10.0. The van der Waals surface area contributed by atoms with E-state index in [9.17, 15) is 0 Å². The van der Waals surface area contributed by atoms with Gasteiger partial charge in [-0.2, -0.15) is 0 Å². The summed E-state index contributed by atoms with van der Waals surface area (Å²) in [6, 6.07) is 5.78. The van der Waals surface area contributed by atoms with Crippen molar-refractivity contribution in [3.63, 3.8) is 0 Å². The van der Waals surface area contributed by atoms with E-state index < -0.39 is 0 Å². The lowest BCUT2D eigenvalue weighted by molar-refractivity contribution is 0.257. The third-order valence-corrected chi connectivity index (χ3v) is 5.35. The second-order valence-corrected chi connectivity index (χ2v) is 8.06. The fourth-order valence-electron chi connectivity index (χ4n) is 3.42. The molecule has 4 nitrogen and oxygen atoms in total. The molecule has 0 aliphatic carbocycles. The van der Waals surface area contributed by atoms with Crippen molar-refractivity contribution in [1.82, 2.24) is 0 Å². The predicted molar refractivity (Wildman–Crippen MR) is 123 cm³/mol. The van der Waals surface area contributed by atoms with E-state index in [0.29, 0.717) is 13.0 Å². The zero-order chi connectivity index (χ0) is 21.2. The first-order valence-electron chi connectivity index (χ1n) is 12.0. The quantitative estimate of drug-likeness (QED) is 0.255. The molecule has 0 aromatic heterocycles. The van der Waals surface area contributed by atoms with E-state index in [0.717, 1.165) is 36.5 Å². The first kappa shape index (κ1) is 25.8. The van der Waals surface area contributed by atoms with E-state index >= 15 is 0 Å². The van der Waals surface area contributed by atoms with Gasteiger partial charge < -0.3 is 20.3 Å². The SMILES string of the molecule is CCCCCCCCOc1ccc(C(N)CCO)cc1OCCCCCCCC. The van der Waals surface area contributed by atoms with Crippen LogP contribution in [0.2, 0.25) is 0 Å². The number of hydrogen-bond donors (Lipinski definition) is 2. The number of rotatable bonds is 19. The van der Waals surface area contributed by atoms with Gasteiger partial charge in [0, 0.05) is 12.6 Å². The van der Waals surface area contributed by atoms with Crippen molar-refractivity contribution in [2.75, 3.05) is 19.8 Å². The number of benzene rings is 1. The van der Waals surface area contributed by atoms with Crippen LogP contribution < -0.4 is 15.2 Å². The first-order chi connectivity index (χ1) is 14.2. The number of ether oxygens (including phenoxy) is 2. The average molecular weight is 408 g/mol. The van der Waals surface area contributed by atoms with Crippen molar-refractivity contribution >= 4 is 0 Å². The van der Waals surface area contributed by atoms with Crippen LogP contribution in [-0.4, -0.2) is 24.9 Å². The molecule has 1 unspecified atom stereocenters. The summed E-state index contributed by atoms with van der Waals surface area (Å²) in [6.45, 7) is 6.00. The second kappa shape index (κ2) is 17.6. The highest BCUT2D eigenvalue weighted by Gasteiger charge is 2.12. The van der Waals surface area contributed by atoms with Crippen molar-refractivity contribution in [3.8, 4) is 11.5 Å². The maximum absolute atomic E-state index is 9.17. The molecule has 0 aliphatic heterocycles. The molecule has 0 bridgehead atoms. The third kappa shape index (κ3) is 12.1. The molecule has 0 saturated heterocycles. The molecule has 0 aliphatic rings. The minimum absolute atomic E-state index is 0.0887. The number of aliphatic hydroxyl groups is 1. The molecule has 29 heavy (non-hydrogen) atoms. The molecule has 1 rings (SSSR count). The Balaban J connectivity index is 2.51. The van der Waals surface area contributed by atoms with Gasteiger partial charge >= 0.3 is 0 Å². The summed E-state index contributed by atoms with van der Waals surface area (Å²) in [6.07, 6.45) is 15.5. The van der Waals surface area contributed by atoms with Crippen LogP contribution >= 0.6 is 0 Å². The molecule has 1 aromatic carbocycles. The van der Waals surface area contributed by atoms with Crippen LogP contribution in [-0.2, 0) is 0 Å². The Labute approximate surface area is 179 Å². The Kier molecular flexibility index (Phi) is 15.6. The maximum Gasteiger partial charge on any atom is 0.161 e. The zero-order valence-electron chi connectivity index (χ0n) is 19.0. The smallest absolute Gasteiger partial charge is 0.161 e. The van der Waals surface area contributed by atoms with Gasteiger partial charge in [-0.1, -0.05) is 84.1 Å². The lowest BCUT2D eigenvalue weighted by Crippen LogP contribution is -2.12. The minimum Gasteiger partial charge on any atom is -0.490 e. The summed E-state index contributed by atoms with van der Waals surface area (Å²) in [5, 5.41) is 9.17. The van der Waals surface area contributed by atoms with Gasteiger partial charge in [0.05, 0.1) is 13.2 Å². The predicted octanol–water partition coefficient (Wildman–Crippen LogP) is 6.55. The Morgan fingerprint density at radius 1 is 0.759 bits per heavy atom. The van der Waals surface area contributed by atoms with Crippen molar-refractivity contribution in [2.24, 2.45) is 5.73 Å². The molecular formula is C25H45NO3. The van der Waals surface area contributed by atoms with Gasteiger partial charge in [0.1, 0.15) is 0 Å². The van der Waals surface area contributed by atoms with E-state index in [1.54, 1.807) is 0 Å². The second-order valence-electron chi connectivity index (χ2n) is 8.06. The number of unbranched alkanes of at least 4 members (excludes halogenated alkanes) is 10. The summed E-state index contributed by atoms with van der Waals surface area (Å²) in [5.41, 5.74) is 7.16. The molecular weight excluding hydrogens is 362 g/mol. The number of nitrogens with two attached hydrogens (primary N) is 1. The Morgan fingerprint density at radius 2 is 1.28 bits per heavy atom. The highest BCUT2D eigenvalue weighted by Crippen LogP contribution is 2.31. The normalized spacial score (nSPS) is 12.1. The van der Waals surface area contributed by atoms with Gasteiger partial charge in [0.25, 0.3) is 0 Å². The third-order valence-electron chi connectivity index (χ3n) is 5.35. The number of aliphatic hydroxyl groups excluding tert-OH is 1. The monoisotopic (exact) mass is 407 g/mol. The van der Waals surface area contributed by atoms with Crippen LogP contribution in [0.4, 0.5) is 0 Å². The molecule has 168 valence electrons. The van der Waals surface area contributed by atoms with Crippen molar-refractivity contribution in [1.29, 1.82) is 0 Å². The number of hydrogen-bond acceptors (Lipinski definition) is 4. The van der Waals surface area contributed by atoms with Crippen LogP contribution in [0.1, 0.15) is 109 Å². The fraction of sp³-hybridized carbons (Fsp3) is 0.760. The summed E-state index contributed by atoms with van der Waals surface area (Å²) in [4.78, 5) is 0. The zero-order valence-corrected chi connectivity index (χ0v) is 19.0. The van der Waals surface area contributed by atoms with E-state index in [4.69, 9.17) is 20.3 Å². The molecule has 0 fully saturated rings. The van der Waals surface area contributed by atoms with Crippen LogP contribution in [0.5, 0.6) is 11.5 Å². The Bertz CT molecular complexity index is 507. The maximum atomic E-state index is 9.17. The molecule has 0 heterocycles. The summed E-state index contributed by atoms with van der Waals surface area (Å²) >= 11 is 0. The van der Waals surface area contributed by atoms with Gasteiger partial charge in [0.2, 0.25) is 0 Å². The van der Waals surface area contributed by atoms with Gasteiger partial charge in [-0.3, -0.25) is 0 Å². The molecule has 0 spiro atoms. The van der Waals surface area contributed by atoms with Crippen LogP contribution in [0.3, 0.4) is 0 Å². The summed E-state index contributed by atoms with van der Waals surface area (Å²) in [5.74, 6) is 1.60. The van der Waals surface area contributed by atoms with Crippen molar-refractivity contribution in [2.45, 2.75) is 103 Å². The fourth-order valence-corrected chi connectivity index (χ4v) is 3.42. The van der Waals surface area contributed by atoms with E-state index in [1.807, 2.05) is 18.2 Å². The lowest BCUT2D eigenvalue weighted by Gasteiger charge is -2.17. The highest BCUT2D eigenvalue weighted by molar-refractivity contribution is 5.44. The van der Waals surface area contributed by atoms with Gasteiger partial charge in [-0.05, 0) is 37.0 Å². The van der Waals surface area contributed by atoms with Crippen LogP contribution in [0, 0.1) is 0 Å². The molecule has 3 N–H and O–H groups in total. The standard InChI is InChI=1S/C25H45NO3/c1-3-5-7-9-11-13-19-28-24-16-15-22(23(26)17-18-27)21-25(24)29-20-14-12-10-8-6-4-2/h15-16,21,23,27H,3-14,17-20,26H2,1-2H3. The molecule has 1 aromatic rings. The first-order valence-corrected chi connectivity index (χ1v) is 12.0. The summed E-state index contributed by atoms with van der Waals surface area (Å²) < 4.78 is 12.1. The molecule has 1 atom stereocenters. The Morgan fingerprint density at radius 3 is 1.83 bits per heavy atom. The molecule has 0 radical (unpaired) electrons. The van der Waals surface area contributed by atoms with Gasteiger partial charge in [-0.15, -0.1) is 0 Å². The minimum atomic E-state index is -0.177. The molecule has 0 saturated carbocycles. The molecule has 4 heteroatoms. The van der Waals surface area contributed by atoms with Crippen molar-refractivity contribution < 1.29 is 14.6 Å². The van der Waals surface area contributed by atoms with Gasteiger partial charge in [-0.25, -0.2) is 0 Å². The van der Waals surface area contributed by atoms with E-state index in [1.165, 1.54) is 64.2 Å².